The lowest BCUT2D eigenvalue weighted by Crippen LogP contribution is -2.55. The average molecular weight is 515 g/mol. The molecule has 4 nitrogen and oxygen atoms in total. The van der Waals surface area contributed by atoms with Crippen LogP contribution in [0.25, 0.3) is 0 Å². The minimum Gasteiger partial charge on any atom is -0.462 e. The fourth-order valence-corrected chi connectivity index (χ4v) is 11.0. The second-order valence-corrected chi connectivity index (χ2v) is 15.3. The minimum absolute atomic E-state index is 0.0332. The number of carbonyl (C=O) groups is 1. The van der Waals surface area contributed by atoms with Gasteiger partial charge in [0.25, 0.3) is 0 Å². The van der Waals surface area contributed by atoms with Gasteiger partial charge in [-0.1, -0.05) is 48.0 Å². The first kappa shape index (κ1) is 26.6. The number of ether oxygens (including phenoxy) is 3. The Morgan fingerprint density at radius 3 is 2.49 bits per heavy atom. The van der Waals surface area contributed by atoms with Crippen LogP contribution in [0.1, 0.15) is 119 Å². The molecule has 0 aromatic carbocycles. The molecule has 6 aliphatic rings. The van der Waals surface area contributed by atoms with Crippen molar-refractivity contribution in [3.05, 3.63) is 0 Å². The van der Waals surface area contributed by atoms with Gasteiger partial charge < -0.3 is 14.2 Å². The first-order chi connectivity index (χ1) is 17.6. The minimum atomic E-state index is -0.305. The molecular weight excluding hydrogens is 460 g/mol. The van der Waals surface area contributed by atoms with Crippen molar-refractivity contribution in [2.45, 2.75) is 137 Å². The van der Waals surface area contributed by atoms with Gasteiger partial charge in [0.2, 0.25) is 0 Å². The van der Waals surface area contributed by atoms with E-state index in [-0.39, 0.29) is 17.9 Å². The third-order valence-electron chi connectivity index (χ3n) is 13.4. The summed E-state index contributed by atoms with van der Waals surface area (Å²) in [6.07, 6.45) is 14.6. The van der Waals surface area contributed by atoms with Gasteiger partial charge >= 0.3 is 5.97 Å². The normalized spacial score (nSPS) is 53.6. The van der Waals surface area contributed by atoms with E-state index in [1.54, 1.807) is 0 Å². The Morgan fingerprint density at radius 1 is 0.973 bits per heavy atom. The summed E-state index contributed by atoms with van der Waals surface area (Å²) < 4.78 is 19.5. The molecule has 13 atom stereocenters. The molecule has 2 saturated heterocycles. The van der Waals surface area contributed by atoms with E-state index in [0.717, 1.165) is 50.0 Å². The summed E-state index contributed by atoms with van der Waals surface area (Å²) in [6, 6.07) is 0. The smallest absolute Gasteiger partial charge is 0.306 e. The largest absolute Gasteiger partial charge is 0.462 e. The topological polar surface area (TPSA) is 44.8 Å². The lowest BCUT2D eigenvalue weighted by molar-refractivity contribution is -0.273. The van der Waals surface area contributed by atoms with Gasteiger partial charge in [-0.15, -0.1) is 0 Å². The molecule has 6 fully saturated rings. The van der Waals surface area contributed by atoms with Crippen LogP contribution < -0.4 is 0 Å². The summed E-state index contributed by atoms with van der Waals surface area (Å²) in [5.41, 5.74) is 0.810. The molecule has 4 aliphatic carbocycles. The lowest BCUT2D eigenvalue weighted by atomic mass is 9.44. The molecule has 0 N–H and O–H groups in total. The second-order valence-electron chi connectivity index (χ2n) is 15.3. The molecule has 0 bridgehead atoms. The number of rotatable bonds is 4. The van der Waals surface area contributed by atoms with Crippen molar-refractivity contribution in [2.24, 2.45) is 58.2 Å². The standard InChI is InChI=1S/C33H54O4/c1-7-20(2)16-29(34)36-24-11-13-31(5)23(17-24)8-9-25-26(31)12-14-32(6)27(25)18-28-30(32)22(4)33(37-28)15-10-21(3)19-35-33/h20-28,30H,7-19H2,1-6H3/t20-,21+,22-,23-,24+,25+,26+,27-,28-,30-,31-,32-,33+/m0/s1. The molecule has 0 radical (unpaired) electrons. The van der Waals surface area contributed by atoms with Gasteiger partial charge in [-0.2, -0.15) is 0 Å². The highest BCUT2D eigenvalue weighted by atomic mass is 16.7. The maximum absolute atomic E-state index is 12.5. The van der Waals surface area contributed by atoms with Crippen molar-refractivity contribution in [2.75, 3.05) is 6.61 Å². The zero-order chi connectivity index (χ0) is 26.2. The number of esters is 1. The van der Waals surface area contributed by atoms with Gasteiger partial charge in [-0.3, -0.25) is 4.79 Å². The zero-order valence-corrected chi connectivity index (χ0v) is 24.6. The fourth-order valence-electron chi connectivity index (χ4n) is 11.0. The van der Waals surface area contributed by atoms with E-state index >= 15 is 0 Å². The highest BCUT2D eigenvalue weighted by Crippen LogP contribution is 2.71. The monoisotopic (exact) mass is 514 g/mol. The number of carbonyl (C=O) groups excluding carboxylic acids is 1. The molecule has 2 heterocycles. The number of hydrogen-bond acceptors (Lipinski definition) is 4. The molecule has 2 aliphatic heterocycles. The van der Waals surface area contributed by atoms with Gasteiger partial charge in [0.1, 0.15) is 6.10 Å². The number of fused-ring (bicyclic) bond motifs is 7. The van der Waals surface area contributed by atoms with Crippen LogP contribution in [-0.2, 0) is 19.0 Å². The molecule has 0 aromatic heterocycles. The molecule has 0 amide bonds. The molecular formula is C33H54O4. The Hall–Kier alpha value is -0.610. The summed E-state index contributed by atoms with van der Waals surface area (Å²) in [5, 5.41) is 0. The molecule has 6 rings (SSSR count). The van der Waals surface area contributed by atoms with Crippen LogP contribution in [0.5, 0.6) is 0 Å². The molecule has 0 unspecified atom stereocenters. The van der Waals surface area contributed by atoms with Gasteiger partial charge in [-0.25, -0.2) is 0 Å². The molecule has 1 spiro atoms. The van der Waals surface area contributed by atoms with Crippen LogP contribution in [-0.4, -0.2) is 30.6 Å². The third-order valence-corrected chi connectivity index (χ3v) is 13.4. The van der Waals surface area contributed by atoms with E-state index in [1.807, 2.05) is 0 Å². The summed E-state index contributed by atoms with van der Waals surface area (Å²) >= 11 is 0. The molecule has 37 heavy (non-hydrogen) atoms. The highest BCUT2D eigenvalue weighted by Gasteiger charge is 2.69. The predicted octanol–water partition coefficient (Wildman–Crippen LogP) is 7.78. The Morgan fingerprint density at radius 2 is 1.76 bits per heavy atom. The summed E-state index contributed by atoms with van der Waals surface area (Å²) in [7, 11) is 0. The van der Waals surface area contributed by atoms with E-state index in [2.05, 4.69) is 41.5 Å². The Kier molecular flexibility index (Phi) is 6.83. The fraction of sp³-hybridized carbons (Fsp3) is 0.970. The average Bonchev–Trinajstić information content (AvgIpc) is 3.31. The van der Waals surface area contributed by atoms with Crippen LogP contribution in [0.2, 0.25) is 0 Å². The summed E-state index contributed by atoms with van der Waals surface area (Å²) in [5.74, 6) is 5.15. The first-order valence-corrected chi connectivity index (χ1v) is 16.1. The quantitative estimate of drug-likeness (QED) is 0.359. The van der Waals surface area contributed by atoms with E-state index in [1.165, 1.54) is 44.9 Å². The SMILES string of the molecule is CC[C@H](C)CC(=O)O[C@@H]1CC[C@@]2(C)[C@@H](CC[C@@H]3[C@H]2CC[C@]2(C)[C@@H]4[C@H](C[C@@H]32)O[C@]2(CC[C@@H](C)CO2)[C@H]4C)C1. The van der Waals surface area contributed by atoms with Crippen LogP contribution in [0, 0.1) is 58.2 Å². The van der Waals surface area contributed by atoms with Gasteiger partial charge in [-0.05, 0) is 110 Å². The van der Waals surface area contributed by atoms with E-state index in [0.29, 0.717) is 52.9 Å². The van der Waals surface area contributed by atoms with Crippen LogP contribution in [0.15, 0.2) is 0 Å². The second kappa shape index (κ2) is 9.50. The van der Waals surface area contributed by atoms with Gasteiger partial charge in [0.15, 0.2) is 5.79 Å². The van der Waals surface area contributed by atoms with E-state index in [4.69, 9.17) is 14.2 Å². The van der Waals surface area contributed by atoms with Crippen molar-refractivity contribution in [1.82, 2.24) is 0 Å². The van der Waals surface area contributed by atoms with Crippen LogP contribution in [0.3, 0.4) is 0 Å². The van der Waals surface area contributed by atoms with Gasteiger partial charge in [0.05, 0.1) is 12.7 Å². The highest BCUT2D eigenvalue weighted by molar-refractivity contribution is 5.69. The Bertz CT molecular complexity index is 862. The van der Waals surface area contributed by atoms with Crippen LogP contribution >= 0.6 is 0 Å². The Labute approximate surface area is 226 Å². The van der Waals surface area contributed by atoms with E-state index < -0.39 is 0 Å². The van der Waals surface area contributed by atoms with Crippen molar-refractivity contribution in [1.29, 1.82) is 0 Å². The lowest BCUT2D eigenvalue weighted by Gasteiger charge is -2.61. The predicted molar refractivity (Wildman–Crippen MR) is 146 cm³/mol. The molecule has 4 saturated carbocycles. The maximum Gasteiger partial charge on any atom is 0.306 e. The maximum atomic E-state index is 12.5. The molecule has 210 valence electrons. The van der Waals surface area contributed by atoms with Crippen molar-refractivity contribution < 1.29 is 19.0 Å². The van der Waals surface area contributed by atoms with Crippen molar-refractivity contribution in [3.8, 4) is 0 Å². The Balaban J connectivity index is 1.13. The molecule has 0 aromatic rings. The van der Waals surface area contributed by atoms with Gasteiger partial charge in [0, 0.05) is 18.8 Å². The first-order valence-electron chi connectivity index (χ1n) is 16.1. The van der Waals surface area contributed by atoms with Crippen molar-refractivity contribution in [3.63, 3.8) is 0 Å². The zero-order valence-electron chi connectivity index (χ0n) is 24.6. The summed E-state index contributed by atoms with van der Waals surface area (Å²) in [4.78, 5) is 12.5. The number of hydrogen-bond donors (Lipinski definition) is 0. The van der Waals surface area contributed by atoms with E-state index in [9.17, 15) is 4.79 Å². The van der Waals surface area contributed by atoms with Crippen LogP contribution in [0.4, 0.5) is 0 Å². The third kappa shape index (κ3) is 4.16. The summed E-state index contributed by atoms with van der Waals surface area (Å²) in [6.45, 7) is 15.2. The molecule has 4 heteroatoms. The van der Waals surface area contributed by atoms with Crippen molar-refractivity contribution >= 4 is 5.97 Å².